The first kappa shape index (κ1) is 19.6. The number of benzene rings is 2. The van der Waals surface area contributed by atoms with Gasteiger partial charge in [0, 0.05) is 12.3 Å². The van der Waals surface area contributed by atoms with Crippen LogP contribution in [0.15, 0.2) is 53.9 Å². The molecular formula is C21H20N2O4S. The topological polar surface area (TPSA) is 68.7 Å². The summed E-state index contributed by atoms with van der Waals surface area (Å²) in [6.45, 7) is 3.35. The number of esters is 1. The monoisotopic (exact) mass is 396 g/mol. The number of amides is 1. The van der Waals surface area contributed by atoms with E-state index >= 15 is 0 Å². The average Bonchev–Trinajstić information content (AvgIpc) is 3.15. The van der Waals surface area contributed by atoms with Crippen LogP contribution in [-0.4, -0.2) is 24.0 Å². The number of rotatable bonds is 6. The molecule has 0 unspecified atom stereocenters. The van der Waals surface area contributed by atoms with Crippen LogP contribution in [0.2, 0.25) is 0 Å². The molecule has 6 nitrogen and oxygen atoms in total. The van der Waals surface area contributed by atoms with Gasteiger partial charge in [-0.15, -0.1) is 11.3 Å². The molecule has 7 heteroatoms. The first-order valence-corrected chi connectivity index (χ1v) is 9.50. The van der Waals surface area contributed by atoms with Crippen LogP contribution in [0.1, 0.15) is 28.5 Å². The normalized spacial score (nSPS) is 10.4. The van der Waals surface area contributed by atoms with Gasteiger partial charge in [0.1, 0.15) is 12.4 Å². The number of hydrogen-bond acceptors (Lipinski definition) is 6. The zero-order valence-electron chi connectivity index (χ0n) is 15.8. The van der Waals surface area contributed by atoms with Gasteiger partial charge in [-0.1, -0.05) is 30.3 Å². The Kier molecular flexibility index (Phi) is 6.06. The van der Waals surface area contributed by atoms with E-state index in [-0.39, 0.29) is 12.5 Å². The van der Waals surface area contributed by atoms with Crippen LogP contribution in [0.4, 0.5) is 10.8 Å². The third-order valence-electron chi connectivity index (χ3n) is 4.09. The summed E-state index contributed by atoms with van der Waals surface area (Å²) < 4.78 is 10.7. The zero-order valence-corrected chi connectivity index (χ0v) is 16.7. The Morgan fingerprint density at radius 2 is 1.82 bits per heavy atom. The molecule has 0 bridgehead atoms. The number of para-hydroxylation sites is 2. The van der Waals surface area contributed by atoms with Crippen LogP contribution in [-0.2, 0) is 16.1 Å². The molecule has 0 saturated heterocycles. The second-order valence-electron chi connectivity index (χ2n) is 6.04. The first-order valence-electron chi connectivity index (χ1n) is 8.62. The van der Waals surface area contributed by atoms with Crippen molar-refractivity contribution in [2.24, 2.45) is 0 Å². The van der Waals surface area contributed by atoms with E-state index in [0.717, 1.165) is 5.56 Å². The highest BCUT2D eigenvalue weighted by molar-refractivity contribution is 7.14. The molecule has 0 fully saturated rings. The third kappa shape index (κ3) is 4.20. The molecule has 0 N–H and O–H groups in total. The number of methoxy groups -OCH3 is 1. The number of ether oxygens (including phenoxy) is 2. The van der Waals surface area contributed by atoms with E-state index in [1.54, 1.807) is 36.8 Å². The van der Waals surface area contributed by atoms with Gasteiger partial charge in [0.25, 0.3) is 0 Å². The van der Waals surface area contributed by atoms with Gasteiger partial charge in [0.2, 0.25) is 5.91 Å². The van der Waals surface area contributed by atoms with Crippen molar-refractivity contribution in [1.29, 1.82) is 0 Å². The summed E-state index contributed by atoms with van der Waals surface area (Å²) in [5, 5.41) is 2.25. The first-order chi connectivity index (χ1) is 13.5. The van der Waals surface area contributed by atoms with Gasteiger partial charge in [-0.25, -0.2) is 9.78 Å². The van der Waals surface area contributed by atoms with Gasteiger partial charge in [-0.3, -0.25) is 9.69 Å². The number of anilines is 2. The predicted molar refractivity (Wildman–Crippen MR) is 108 cm³/mol. The smallest absolute Gasteiger partial charge is 0.338 e. The van der Waals surface area contributed by atoms with Crippen LogP contribution < -0.4 is 9.64 Å². The number of hydrogen-bond donors (Lipinski definition) is 0. The summed E-state index contributed by atoms with van der Waals surface area (Å²) in [5.41, 5.74) is 2.56. The van der Waals surface area contributed by atoms with Crippen LogP contribution in [0.3, 0.4) is 0 Å². The second kappa shape index (κ2) is 8.67. The Balaban J connectivity index is 1.77. The minimum atomic E-state index is -0.402. The molecular weight excluding hydrogens is 376 g/mol. The molecule has 0 spiro atoms. The molecule has 0 aliphatic heterocycles. The van der Waals surface area contributed by atoms with Gasteiger partial charge in [0.15, 0.2) is 5.13 Å². The second-order valence-corrected chi connectivity index (χ2v) is 6.88. The van der Waals surface area contributed by atoms with E-state index in [1.807, 2.05) is 31.2 Å². The molecule has 0 radical (unpaired) electrons. The fraction of sp³-hybridized carbons (Fsp3) is 0.190. The molecule has 3 aromatic rings. The average molecular weight is 396 g/mol. The Morgan fingerprint density at radius 1 is 1.11 bits per heavy atom. The summed E-state index contributed by atoms with van der Waals surface area (Å²) in [6.07, 6.45) is 0. The standard InChI is InChI=1S/C21H20N2O4S/c1-14-8-4-5-9-17(14)20(25)27-12-16-13-28-21(22-16)23(15(2)24)18-10-6-7-11-19(18)26-3/h4-11,13H,12H2,1-3H3. The van der Waals surface area contributed by atoms with Gasteiger partial charge in [-0.05, 0) is 30.7 Å². The van der Waals surface area contributed by atoms with Gasteiger partial charge >= 0.3 is 5.97 Å². The minimum Gasteiger partial charge on any atom is -0.495 e. The van der Waals surface area contributed by atoms with E-state index < -0.39 is 5.97 Å². The van der Waals surface area contributed by atoms with Crippen molar-refractivity contribution in [3.63, 3.8) is 0 Å². The minimum absolute atomic E-state index is 0.0291. The van der Waals surface area contributed by atoms with Crippen molar-refractivity contribution in [1.82, 2.24) is 4.98 Å². The molecule has 0 aliphatic rings. The zero-order chi connectivity index (χ0) is 20.1. The molecule has 2 aromatic carbocycles. The van der Waals surface area contributed by atoms with Crippen molar-refractivity contribution in [3.8, 4) is 5.75 Å². The molecule has 0 aliphatic carbocycles. The van der Waals surface area contributed by atoms with Crippen molar-refractivity contribution in [2.45, 2.75) is 20.5 Å². The van der Waals surface area contributed by atoms with Crippen molar-refractivity contribution >= 4 is 34.0 Å². The number of aryl methyl sites for hydroxylation is 1. The predicted octanol–water partition coefficient (Wildman–Crippen LogP) is 4.50. The van der Waals surface area contributed by atoms with Crippen LogP contribution in [0.5, 0.6) is 5.75 Å². The molecule has 0 saturated carbocycles. The summed E-state index contributed by atoms with van der Waals surface area (Å²) in [5.74, 6) is -0.0245. The SMILES string of the molecule is COc1ccccc1N(C(C)=O)c1nc(COC(=O)c2ccccc2C)cs1. The fourth-order valence-electron chi connectivity index (χ4n) is 2.71. The molecule has 1 aromatic heterocycles. The maximum absolute atomic E-state index is 12.3. The Hall–Kier alpha value is -3.19. The highest BCUT2D eigenvalue weighted by Gasteiger charge is 2.21. The number of carbonyl (C=O) groups excluding carboxylic acids is 2. The lowest BCUT2D eigenvalue weighted by molar-refractivity contribution is -0.115. The van der Waals surface area contributed by atoms with Crippen molar-refractivity contribution in [2.75, 3.05) is 12.0 Å². The number of carbonyl (C=O) groups is 2. The number of aromatic nitrogens is 1. The summed E-state index contributed by atoms with van der Waals surface area (Å²) in [4.78, 5) is 30.5. The highest BCUT2D eigenvalue weighted by atomic mass is 32.1. The van der Waals surface area contributed by atoms with Crippen LogP contribution >= 0.6 is 11.3 Å². The van der Waals surface area contributed by atoms with E-state index in [9.17, 15) is 9.59 Å². The number of thiazole rings is 1. The molecule has 3 rings (SSSR count). The Labute approximate surface area is 167 Å². The number of nitrogens with zero attached hydrogens (tertiary/aromatic N) is 2. The van der Waals surface area contributed by atoms with Crippen LogP contribution in [0.25, 0.3) is 0 Å². The molecule has 0 atom stereocenters. The third-order valence-corrected chi connectivity index (χ3v) is 4.96. The molecule has 28 heavy (non-hydrogen) atoms. The van der Waals surface area contributed by atoms with E-state index in [4.69, 9.17) is 9.47 Å². The van der Waals surface area contributed by atoms with E-state index in [2.05, 4.69) is 4.98 Å². The molecule has 1 amide bonds. The maximum Gasteiger partial charge on any atom is 0.338 e. The van der Waals surface area contributed by atoms with Crippen molar-refractivity contribution in [3.05, 3.63) is 70.7 Å². The summed E-state index contributed by atoms with van der Waals surface area (Å²) in [7, 11) is 1.55. The van der Waals surface area contributed by atoms with Gasteiger partial charge < -0.3 is 9.47 Å². The van der Waals surface area contributed by atoms with E-state index in [0.29, 0.717) is 27.8 Å². The maximum atomic E-state index is 12.3. The molecule has 144 valence electrons. The lowest BCUT2D eigenvalue weighted by atomic mass is 10.1. The largest absolute Gasteiger partial charge is 0.495 e. The van der Waals surface area contributed by atoms with Crippen molar-refractivity contribution < 1.29 is 19.1 Å². The van der Waals surface area contributed by atoms with Gasteiger partial charge in [0.05, 0.1) is 24.1 Å². The van der Waals surface area contributed by atoms with Gasteiger partial charge in [-0.2, -0.15) is 0 Å². The lowest BCUT2D eigenvalue weighted by Gasteiger charge is -2.20. The molecule has 1 heterocycles. The highest BCUT2D eigenvalue weighted by Crippen LogP contribution is 2.35. The quantitative estimate of drug-likeness (QED) is 0.574. The van der Waals surface area contributed by atoms with Crippen LogP contribution in [0, 0.1) is 6.92 Å². The fourth-order valence-corrected chi connectivity index (χ4v) is 3.57. The summed E-state index contributed by atoms with van der Waals surface area (Å²) in [6, 6.07) is 14.5. The Bertz CT molecular complexity index is 999. The summed E-state index contributed by atoms with van der Waals surface area (Å²) >= 11 is 1.30. The lowest BCUT2D eigenvalue weighted by Crippen LogP contribution is -2.23. The van der Waals surface area contributed by atoms with E-state index in [1.165, 1.54) is 23.2 Å². The Morgan fingerprint density at radius 3 is 2.54 bits per heavy atom.